The van der Waals surface area contributed by atoms with Crippen LogP contribution in [0, 0.1) is 0 Å². The Morgan fingerprint density at radius 1 is 0.769 bits per heavy atom. The van der Waals surface area contributed by atoms with E-state index in [1.807, 2.05) is 6.08 Å². The van der Waals surface area contributed by atoms with Crippen molar-refractivity contribution in [3.8, 4) is 0 Å². The van der Waals surface area contributed by atoms with Gasteiger partial charge in [-0.25, -0.2) is 0 Å². The van der Waals surface area contributed by atoms with Gasteiger partial charge < -0.3 is 0 Å². The molecule has 3 heteroatoms. The Labute approximate surface area is 169 Å². The van der Waals surface area contributed by atoms with Crippen molar-refractivity contribution in [2.45, 2.75) is 124 Å². The second-order valence-electron chi connectivity index (χ2n) is 7.92. The van der Waals surface area contributed by atoms with Crippen molar-refractivity contribution in [1.82, 2.24) is 0 Å². The van der Waals surface area contributed by atoms with E-state index in [1.165, 1.54) is 83.9 Å². The maximum absolute atomic E-state index is 12.5. The molecule has 0 aliphatic rings. The molecule has 0 amide bonds. The fourth-order valence-corrected chi connectivity index (χ4v) is 16.8. The Morgan fingerprint density at radius 3 is 1.69 bits per heavy atom. The first-order valence-electron chi connectivity index (χ1n) is 11.5. The fourth-order valence-electron chi connectivity index (χ4n) is 3.58. The van der Waals surface area contributed by atoms with E-state index >= 15 is 0 Å². The van der Waals surface area contributed by atoms with Crippen LogP contribution >= 0.6 is 0 Å². The molecule has 0 heterocycles. The van der Waals surface area contributed by atoms with Crippen molar-refractivity contribution < 1.29 is 7.87 Å². The average molecular weight is 473 g/mol. The van der Waals surface area contributed by atoms with Crippen LogP contribution in [0.1, 0.15) is 111 Å². The molecule has 0 saturated carbocycles. The third-order valence-electron chi connectivity index (χ3n) is 5.33. The van der Waals surface area contributed by atoms with E-state index in [2.05, 4.69) is 27.4 Å². The molecule has 26 heavy (non-hydrogen) atoms. The number of allylic oxidation sites excluding steroid dienone is 1. The Hall–Kier alpha value is 0.00870. The summed E-state index contributed by atoms with van der Waals surface area (Å²) in [5, 5.41) is 0. The molecule has 0 aromatic heterocycles. The quantitative estimate of drug-likeness (QED) is 0.107. The number of hydrogen-bond donors (Lipinski definition) is 0. The summed E-state index contributed by atoms with van der Waals surface area (Å²) >= 11 is -2.73. The zero-order valence-electron chi connectivity index (χ0n) is 18.1. The molecule has 0 fully saturated rings. The summed E-state index contributed by atoms with van der Waals surface area (Å²) in [6.07, 6.45) is 18.5. The third kappa shape index (κ3) is 14.1. The fraction of sp³-hybridized carbons (Fsp3) is 0.870. The molecule has 0 aliphatic heterocycles. The summed E-state index contributed by atoms with van der Waals surface area (Å²) in [6.45, 7) is 10.5. The topological polar surface area (TPSA) is 26.3 Å². The van der Waals surface area contributed by atoms with Crippen LogP contribution in [0.25, 0.3) is 0 Å². The van der Waals surface area contributed by atoms with Crippen LogP contribution in [0.3, 0.4) is 0 Å². The predicted molar refractivity (Wildman–Crippen MR) is 118 cm³/mol. The van der Waals surface area contributed by atoms with E-state index in [0.29, 0.717) is 6.42 Å². The molecule has 0 aromatic carbocycles. The molecule has 154 valence electrons. The van der Waals surface area contributed by atoms with Crippen molar-refractivity contribution in [1.29, 1.82) is 0 Å². The summed E-state index contributed by atoms with van der Waals surface area (Å²) in [5.74, 6) is 0.135. The average Bonchev–Trinajstić information content (AvgIpc) is 2.65. The van der Waals surface area contributed by atoms with Crippen LogP contribution in [0.2, 0.25) is 13.3 Å². The molecule has 0 rings (SSSR count). The Morgan fingerprint density at radius 2 is 1.23 bits per heavy atom. The molecule has 0 atom stereocenters. The molecule has 0 N–H and O–H groups in total. The molecule has 0 aliphatic carbocycles. The van der Waals surface area contributed by atoms with Crippen molar-refractivity contribution in [3.63, 3.8) is 0 Å². The number of carbonyl (C=O) groups excluding carboxylic acids is 1. The van der Waals surface area contributed by atoms with Crippen LogP contribution in [0.4, 0.5) is 0 Å². The number of rotatable bonds is 19. The maximum atomic E-state index is 12.5. The van der Waals surface area contributed by atoms with Gasteiger partial charge in [0, 0.05) is 0 Å². The Kier molecular flexibility index (Phi) is 18.4. The zero-order chi connectivity index (χ0) is 19.5. The van der Waals surface area contributed by atoms with E-state index in [9.17, 15) is 4.79 Å². The summed E-state index contributed by atoms with van der Waals surface area (Å²) < 4.78 is 10.1. The van der Waals surface area contributed by atoms with Gasteiger partial charge in [0.15, 0.2) is 0 Å². The molecule has 0 radical (unpaired) electrons. The van der Waals surface area contributed by atoms with Crippen molar-refractivity contribution >= 4 is 24.8 Å². The molecule has 0 spiro atoms. The molecule has 0 aromatic rings. The summed E-state index contributed by atoms with van der Waals surface area (Å²) in [4.78, 5) is 12.5. The zero-order valence-corrected chi connectivity index (χ0v) is 21.0. The van der Waals surface area contributed by atoms with E-state index in [1.54, 1.807) is 0 Å². The van der Waals surface area contributed by atoms with Gasteiger partial charge in [-0.3, -0.25) is 0 Å². The van der Waals surface area contributed by atoms with Crippen molar-refractivity contribution in [2.75, 3.05) is 0 Å². The van der Waals surface area contributed by atoms with Gasteiger partial charge in [-0.2, -0.15) is 0 Å². The minimum absolute atomic E-state index is 0.135. The third-order valence-corrected chi connectivity index (χ3v) is 18.0. The van der Waals surface area contributed by atoms with Gasteiger partial charge in [-0.15, -0.1) is 0 Å². The molecular weight excluding hydrogens is 427 g/mol. The van der Waals surface area contributed by atoms with Crippen LogP contribution in [-0.4, -0.2) is 24.8 Å². The first kappa shape index (κ1) is 26.0. The van der Waals surface area contributed by atoms with E-state index < -0.39 is 18.8 Å². The van der Waals surface area contributed by atoms with Crippen molar-refractivity contribution in [3.05, 3.63) is 12.7 Å². The standard InChI is InChI=1S/C11H20O2.3C4H9.Sn/c1-2-3-4-5-6-7-8-9-10-11(12)13;3*1-3-4-2;/h2H,1,3-10H2,(H,12,13);3*1,3-4H2,2H3;/q;;;;+1/p-1. The summed E-state index contributed by atoms with van der Waals surface area (Å²) in [5.41, 5.74) is 0. The number of carbonyl (C=O) groups is 1. The van der Waals surface area contributed by atoms with Crippen LogP contribution in [-0.2, 0) is 7.87 Å². The second-order valence-corrected chi connectivity index (χ2v) is 19.5. The van der Waals surface area contributed by atoms with Gasteiger partial charge >= 0.3 is 169 Å². The first-order valence-corrected chi connectivity index (χ1v) is 18.7. The monoisotopic (exact) mass is 474 g/mol. The van der Waals surface area contributed by atoms with Gasteiger partial charge in [-0.05, 0) is 0 Å². The second kappa shape index (κ2) is 18.4. The SMILES string of the molecule is C=CCCCCCCCCC(=O)[O][Sn]([CH2]CCC)([CH2]CCC)[CH2]CCC. The predicted octanol–water partition coefficient (Wildman–Crippen LogP) is 8.18. The summed E-state index contributed by atoms with van der Waals surface area (Å²) in [7, 11) is 0. The molecule has 2 nitrogen and oxygen atoms in total. The Bertz CT molecular complexity index is 319. The van der Waals surface area contributed by atoms with Crippen molar-refractivity contribution in [2.24, 2.45) is 0 Å². The van der Waals surface area contributed by atoms with Gasteiger partial charge in [0.1, 0.15) is 0 Å². The minimum atomic E-state index is -2.73. The number of unbranched alkanes of at least 4 members (excludes halogenated alkanes) is 9. The van der Waals surface area contributed by atoms with Gasteiger partial charge in [-0.1, -0.05) is 0 Å². The van der Waals surface area contributed by atoms with Crippen LogP contribution < -0.4 is 0 Å². The molecular formula is C23H46O2Sn. The van der Waals surface area contributed by atoms with Gasteiger partial charge in [0.2, 0.25) is 0 Å². The van der Waals surface area contributed by atoms with Gasteiger partial charge in [0.05, 0.1) is 0 Å². The van der Waals surface area contributed by atoms with E-state index in [0.717, 1.165) is 12.8 Å². The normalized spacial score (nSPS) is 11.5. The van der Waals surface area contributed by atoms with Gasteiger partial charge in [0.25, 0.3) is 0 Å². The first-order chi connectivity index (χ1) is 12.6. The Balaban J connectivity index is 4.29. The van der Waals surface area contributed by atoms with E-state index in [-0.39, 0.29) is 5.97 Å². The molecule has 0 bridgehead atoms. The number of hydrogen-bond acceptors (Lipinski definition) is 2. The van der Waals surface area contributed by atoms with Crippen LogP contribution in [0.5, 0.6) is 0 Å². The van der Waals surface area contributed by atoms with E-state index in [4.69, 9.17) is 3.07 Å². The summed E-state index contributed by atoms with van der Waals surface area (Å²) in [6, 6.07) is 0. The molecule has 0 saturated heterocycles. The molecule has 0 unspecified atom stereocenters. The van der Waals surface area contributed by atoms with Crippen LogP contribution in [0.15, 0.2) is 12.7 Å².